The topological polar surface area (TPSA) is 49.3 Å². The minimum atomic E-state index is 0. The summed E-state index contributed by atoms with van der Waals surface area (Å²) in [6.45, 7) is 6.21. The van der Waals surface area contributed by atoms with Gasteiger partial charge >= 0.3 is 0 Å². The fourth-order valence-electron chi connectivity index (χ4n) is 2.25. The molecular weight excluding hydrogens is 451 g/mol. The highest BCUT2D eigenvalue weighted by Gasteiger charge is 2.06. The molecule has 134 valence electrons. The van der Waals surface area contributed by atoms with Crippen molar-refractivity contribution in [1.29, 1.82) is 0 Å². The second-order valence-corrected chi connectivity index (χ2v) is 7.82. The molecule has 24 heavy (non-hydrogen) atoms. The second kappa shape index (κ2) is 11.8. The van der Waals surface area contributed by atoms with Crippen molar-refractivity contribution in [3.63, 3.8) is 0 Å². The number of thiazole rings is 1. The van der Waals surface area contributed by atoms with Gasteiger partial charge in [-0.1, -0.05) is 19.9 Å². The van der Waals surface area contributed by atoms with Crippen molar-refractivity contribution in [3.8, 4) is 0 Å². The van der Waals surface area contributed by atoms with E-state index in [2.05, 4.69) is 52.0 Å². The highest BCUT2D eigenvalue weighted by atomic mass is 127. The average molecular weight is 478 g/mol. The van der Waals surface area contributed by atoms with Crippen LogP contribution >= 0.6 is 46.7 Å². The van der Waals surface area contributed by atoms with Crippen molar-refractivity contribution < 1.29 is 0 Å². The van der Waals surface area contributed by atoms with Crippen LogP contribution in [0.25, 0.3) is 0 Å². The van der Waals surface area contributed by atoms with E-state index < -0.39 is 0 Å². The first-order valence-corrected chi connectivity index (χ1v) is 9.81. The molecule has 0 aliphatic heterocycles. The van der Waals surface area contributed by atoms with E-state index in [0.717, 1.165) is 38.3 Å². The largest absolute Gasteiger partial charge is 0.356 e. The molecule has 7 heteroatoms. The maximum absolute atomic E-state index is 4.45. The molecule has 4 nitrogen and oxygen atoms in total. The molecule has 0 spiro atoms. The molecule has 0 amide bonds. The zero-order chi connectivity index (χ0) is 16.5. The predicted molar refractivity (Wildman–Crippen MR) is 117 cm³/mol. The van der Waals surface area contributed by atoms with Crippen molar-refractivity contribution in [2.45, 2.75) is 33.1 Å². The van der Waals surface area contributed by atoms with Crippen LogP contribution in [0.15, 0.2) is 28.7 Å². The van der Waals surface area contributed by atoms with Gasteiger partial charge < -0.3 is 10.6 Å². The normalized spacial score (nSPS) is 12.5. The minimum Gasteiger partial charge on any atom is -0.356 e. The maximum atomic E-state index is 4.45. The van der Waals surface area contributed by atoms with Gasteiger partial charge in [0.25, 0.3) is 0 Å². The molecule has 0 saturated carbocycles. The van der Waals surface area contributed by atoms with Gasteiger partial charge in [0.2, 0.25) is 0 Å². The fraction of sp³-hybridized carbons (Fsp3) is 0.529. The van der Waals surface area contributed by atoms with Crippen LogP contribution < -0.4 is 10.6 Å². The first kappa shape index (κ1) is 21.4. The van der Waals surface area contributed by atoms with E-state index >= 15 is 0 Å². The zero-order valence-electron chi connectivity index (χ0n) is 14.5. The predicted octanol–water partition coefficient (Wildman–Crippen LogP) is 3.97. The van der Waals surface area contributed by atoms with Gasteiger partial charge in [0.15, 0.2) is 5.96 Å². The summed E-state index contributed by atoms with van der Waals surface area (Å²) in [6, 6.07) is 4.32. The number of guanidine groups is 1. The van der Waals surface area contributed by atoms with Gasteiger partial charge in [-0.3, -0.25) is 4.99 Å². The van der Waals surface area contributed by atoms with Crippen LogP contribution in [0.4, 0.5) is 0 Å². The Balaban J connectivity index is 0.00000288. The molecule has 0 fully saturated rings. The average Bonchev–Trinajstić information content (AvgIpc) is 3.22. The van der Waals surface area contributed by atoms with Crippen molar-refractivity contribution in [3.05, 3.63) is 38.5 Å². The van der Waals surface area contributed by atoms with E-state index in [1.807, 2.05) is 24.6 Å². The van der Waals surface area contributed by atoms with Crippen LogP contribution in [0.3, 0.4) is 0 Å². The fourth-order valence-corrected chi connectivity index (χ4v) is 3.98. The highest BCUT2D eigenvalue weighted by Crippen LogP contribution is 2.14. The summed E-state index contributed by atoms with van der Waals surface area (Å²) in [5.74, 6) is 1.45. The van der Waals surface area contributed by atoms with Crippen molar-refractivity contribution in [1.82, 2.24) is 15.6 Å². The number of rotatable bonds is 8. The number of aliphatic imine (C=N–C) groups is 1. The first-order chi connectivity index (χ1) is 11.2. The van der Waals surface area contributed by atoms with Crippen molar-refractivity contribution in [2.24, 2.45) is 10.9 Å². The summed E-state index contributed by atoms with van der Waals surface area (Å²) < 4.78 is 0. The molecule has 1 atom stereocenters. The van der Waals surface area contributed by atoms with E-state index in [0.29, 0.717) is 5.92 Å². The van der Waals surface area contributed by atoms with E-state index in [9.17, 15) is 0 Å². The summed E-state index contributed by atoms with van der Waals surface area (Å²) in [6.07, 6.45) is 5.10. The van der Waals surface area contributed by atoms with Gasteiger partial charge in [-0.05, 0) is 30.2 Å². The van der Waals surface area contributed by atoms with Gasteiger partial charge in [-0.2, -0.15) is 0 Å². The van der Waals surface area contributed by atoms with Crippen LogP contribution in [-0.2, 0) is 19.3 Å². The maximum Gasteiger partial charge on any atom is 0.190 e. The lowest BCUT2D eigenvalue weighted by Gasteiger charge is -2.15. The Morgan fingerprint density at radius 1 is 1.33 bits per heavy atom. The molecule has 0 saturated heterocycles. The van der Waals surface area contributed by atoms with Crippen molar-refractivity contribution in [2.75, 3.05) is 20.1 Å². The third-order valence-corrected chi connectivity index (χ3v) is 5.65. The van der Waals surface area contributed by atoms with E-state index in [4.69, 9.17) is 0 Å². The van der Waals surface area contributed by atoms with E-state index in [-0.39, 0.29) is 24.0 Å². The lowest BCUT2D eigenvalue weighted by atomic mass is 10.1. The SMILES string of the molecule is CCc1cnc(CCNC(=NC)NCC(C)Cc2cccs2)s1.I. The number of thiophene rings is 1. The van der Waals surface area contributed by atoms with E-state index in [1.165, 1.54) is 14.8 Å². The molecule has 1 unspecified atom stereocenters. The Hall–Kier alpha value is -0.670. The van der Waals surface area contributed by atoms with Gasteiger partial charge in [0.05, 0.1) is 5.01 Å². The van der Waals surface area contributed by atoms with Gasteiger partial charge in [0.1, 0.15) is 0 Å². The van der Waals surface area contributed by atoms with Crippen LogP contribution in [0.5, 0.6) is 0 Å². The van der Waals surface area contributed by atoms with Crippen LogP contribution in [0.1, 0.15) is 28.6 Å². The summed E-state index contributed by atoms with van der Waals surface area (Å²) in [5, 5.41) is 10.1. The molecule has 0 aromatic carbocycles. The minimum absolute atomic E-state index is 0. The smallest absolute Gasteiger partial charge is 0.190 e. The lowest BCUT2D eigenvalue weighted by molar-refractivity contribution is 0.562. The highest BCUT2D eigenvalue weighted by molar-refractivity contribution is 14.0. The molecule has 0 radical (unpaired) electrons. The number of nitrogens with one attached hydrogen (secondary N) is 2. The summed E-state index contributed by atoms with van der Waals surface area (Å²) in [4.78, 5) is 11.5. The molecule has 2 rings (SSSR count). The van der Waals surface area contributed by atoms with Gasteiger partial charge in [-0.15, -0.1) is 46.7 Å². The quantitative estimate of drug-likeness (QED) is 0.343. The Labute approximate surface area is 170 Å². The Kier molecular flexibility index (Phi) is 10.5. The number of aromatic nitrogens is 1. The number of halogens is 1. The number of hydrogen-bond acceptors (Lipinski definition) is 4. The molecule has 0 bridgehead atoms. The molecule has 2 aromatic heterocycles. The summed E-state index contributed by atoms with van der Waals surface area (Å²) >= 11 is 3.63. The Morgan fingerprint density at radius 2 is 2.17 bits per heavy atom. The molecular formula is C17H27IN4S2. The summed E-state index contributed by atoms with van der Waals surface area (Å²) in [5.41, 5.74) is 0. The Morgan fingerprint density at radius 3 is 2.79 bits per heavy atom. The number of aryl methyl sites for hydroxylation is 1. The van der Waals surface area contributed by atoms with Crippen LogP contribution in [-0.4, -0.2) is 31.1 Å². The first-order valence-electron chi connectivity index (χ1n) is 8.11. The van der Waals surface area contributed by atoms with Crippen LogP contribution in [0, 0.1) is 5.92 Å². The molecule has 0 aliphatic carbocycles. The standard InChI is InChI=1S/C17H26N4S2.HI/c1-4-14-12-20-16(23-14)7-8-19-17(18-3)21-11-13(2)10-15-6-5-9-22-15;/h5-6,9,12-13H,4,7-8,10-11H2,1-3H3,(H2,18,19,21);1H. The number of nitrogens with zero attached hydrogens (tertiary/aromatic N) is 2. The van der Waals surface area contributed by atoms with Crippen LogP contribution in [0.2, 0.25) is 0 Å². The zero-order valence-corrected chi connectivity index (χ0v) is 18.5. The molecule has 2 heterocycles. The number of hydrogen-bond donors (Lipinski definition) is 2. The third-order valence-electron chi connectivity index (χ3n) is 3.55. The van der Waals surface area contributed by atoms with E-state index in [1.54, 1.807) is 11.3 Å². The van der Waals surface area contributed by atoms with Gasteiger partial charge in [0, 0.05) is 42.5 Å². The summed E-state index contributed by atoms with van der Waals surface area (Å²) in [7, 11) is 1.82. The molecule has 2 aromatic rings. The van der Waals surface area contributed by atoms with Gasteiger partial charge in [-0.25, -0.2) is 4.98 Å². The monoisotopic (exact) mass is 478 g/mol. The third kappa shape index (κ3) is 7.48. The van der Waals surface area contributed by atoms with Crippen molar-refractivity contribution >= 4 is 52.6 Å². The molecule has 2 N–H and O–H groups in total. The lowest BCUT2D eigenvalue weighted by Crippen LogP contribution is -2.40. The molecule has 0 aliphatic rings. The second-order valence-electron chi connectivity index (χ2n) is 5.59. The Bertz CT molecular complexity index is 596.